The zero-order valence-corrected chi connectivity index (χ0v) is 39.2. The summed E-state index contributed by atoms with van der Waals surface area (Å²) < 4.78 is 23.1. The molecule has 0 N–H and O–H groups in total. The quantitative estimate of drug-likeness (QED) is 0.0258. The van der Waals surface area contributed by atoms with Crippen molar-refractivity contribution in [2.75, 3.05) is 13.2 Å². The lowest BCUT2D eigenvalue weighted by molar-refractivity contribution is 0.0725. The minimum Gasteiger partial charge on any atom is -0.494 e. The summed E-state index contributed by atoms with van der Waals surface area (Å²) in [6, 6.07) is 30.4. The molecule has 6 nitrogen and oxygen atoms in total. The third-order valence-corrected chi connectivity index (χ3v) is 11.9. The first-order valence-corrected chi connectivity index (χ1v) is 25.1. The van der Waals surface area contributed by atoms with E-state index in [0.29, 0.717) is 35.8 Å². The summed E-state index contributed by atoms with van der Waals surface area (Å²) >= 11 is 0. The Labute approximate surface area is 381 Å². The molecule has 0 unspecified atom stereocenters. The minimum atomic E-state index is -0.354. The SMILES string of the molecule is CCCCCCCCCCCOc1ccc(C(=O)Oc2ccc(CCCCCCCCCc3ccc(OC(=O)c4ccc(OCCCCCCCCCCC)cc4)cc3)cc2)cc1. The second kappa shape index (κ2) is 33.0. The van der Waals surface area contributed by atoms with Crippen LogP contribution in [0.25, 0.3) is 0 Å². The number of hydrogen-bond acceptors (Lipinski definition) is 6. The molecule has 4 rings (SSSR count). The number of ether oxygens (including phenoxy) is 4. The van der Waals surface area contributed by atoms with E-state index in [2.05, 4.69) is 38.1 Å². The molecule has 0 saturated carbocycles. The Balaban J connectivity index is 0.971. The van der Waals surface area contributed by atoms with Crippen LogP contribution in [0.3, 0.4) is 0 Å². The van der Waals surface area contributed by atoms with Crippen LogP contribution < -0.4 is 18.9 Å². The standard InChI is InChI=1S/C57H80O6/c1-3-5-7-9-11-13-18-22-26-46-60-52-42-34-50(35-43-52)56(58)62-54-38-30-48(31-39-54)28-24-20-16-15-17-21-25-29-49-32-40-55(41-33-49)63-57(59)51-36-44-53(45-37-51)61-47-27-23-19-14-12-10-8-6-4-2/h30-45H,3-29,46-47H2,1-2H3. The molecule has 0 spiro atoms. The van der Waals surface area contributed by atoms with E-state index >= 15 is 0 Å². The molecule has 4 aromatic rings. The maximum atomic E-state index is 12.7. The van der Waals surface area contributed by atoms with Crippen LogP contribution in [-0.2, 0) is 12.8 Å². The van der Waals surface area contributed by atoms with Crippen LogP contribution in [0.1, 0.15) is 206 Å². The summed E-state index contributed by atoms with van der Waals surface area (Å²) in [4.78, 5) is 25.5. The van der Waals surface area contributed by atoms with Crippen molar-refractivity contribution in [3.8, 4) is 23.0 Å². The molecule has 0 aliphatic carbocycles. The van der Waals surface area contributed by atoms with Gasteiger partial charge in [-0.3, -0.25) is 0 Å². The van der Waals surface area contributed by atoms with E-state index in [-0.39, 0.29) is 11.9 Å². The number of rotatable bonds is 36. The Bertz CT molecular complexity index is 1620. The number of aryl methyl sites for hydroxylation is 2. The highest BCUT2D eigenvalue weighted by atomic mass is 16.5. The maximum Gasteiger partial charge on any atom is 0.343 e. The third-order valence-electron chi connectivity index (χ3n) is 11.9. The van der Waals surface area contributed by atoms with Gasteiger partial charge in [0.1, 0.15) is 23.0 Å². The highest BCUT2D eigenvalue weighted by molar-refractivity contribution is 5.91. The lowest BCUT2D eigenvalue weighted by atomic mass is 10.0. The maximum absolute atomic E-state index is 12.7. The molecule has 4 aromatic carbocycles. The largest absolute Gasteiger partial charge is 0.494 e. The summed E-state index contributed by atoms with van der Waals surface area (Å²) in [5.41, 5.74) is 3.57. The third kappa shape index (κ3) is 23.1. The van der Waals surface area contributed by atoms with E-state index < -0.39 is 0 Å². The molecule has 0 aromatic heterocycles. The van der Waals surface area contributed by atoms with Gasteiger partial charge in [0.2, 0.25) is 0 Å². The number of esters is 2. The summed E-state index contributed by atoms with van der Waals surface area (Å²) in [5, 5.41) is 0. The van der Waals surface area contributed by atoms with Gasteiger partial charge in [-0.15, -0.1) is 0 Å². The number of carbonyl (C=O) groups is 2. The van der Waals surface area contributed by atoms with E-state index in [9.17, 15) is 9.59 Å². The van der Waals surface area contributed by atoms with Gasteiger partial charge < -0.3 is 18.9 Å². The molecular formula is C57H80O6. The average Bonchev–Trinajstić information content (AvgIpc) is 3.31. The predicted molar refractivity (Wildman–Crippen MR) is 261 cm³/mol. The minimum absolute atomic E-state index is 0.354. The van der Waals surface area contributed by atoms with Crippen molar-refractivity contribution in [2.24, 2.45) is 0 Å². The van der Waals surface area contributed by atoms with Crippen LogP contribution in [-0.4, -0.2) is 25.2 Å². The molecule has 0 bridgehead atoms. The van der Waals surface area contributed by atoms with Gasteiger partial charge in [0.05, 0.1) is 24.3 Å². The van der Waals surface area contributed by atoms with Crippen molar-refractivity contribution >= 4 is 11.9 Å². The van der Waals surface area contributed by atoms with Crippen molar-refractivity contribution in [1.29, 1.82) is 0 Å². The number of unbranched alkanes of at least 4 members (excludes halogenated alkanes) is 22. The van der Waals surface area contributed by atoms with Crippen molar-refractivity contribution in [2.45, 2.75) is 187 Å². The Hall–Kier alpha value is -4.58. The summed E-state index contributed by atoms with van der Waals surface area (Å²) in [5.74, 6) is 2.00. The topological polar surface area (TPSA) is 71.1 Å². The first-order valence-electron chi connectivity index (χ1n) is 25.1. The molecular weight excluding hydrogens is 781 g/mol. The molecule has 6 heteroatoms. The van der Waals surface area contributed by atoms with Crippen molar-refractivity contribution in [3.63, 3.8) is 0 Å². The van der Waals surface area contributed by atoms with Crippen molar-refractivity contribution in [3.05, 3.63) is 119 Å². The predicted octanol–water partition coefficient (Wildman–Crippen LogP) is 16.5. The lowest BCUT2D eigenvalue weighted by Crippen LogP contribution is -2.08. The fraction of sp³-hybridized carbons (Fsp3) is 0.544. The summed E-state index contributed by atoms with van der Waals surface area (Å²) in [6.07, 6.45) is 33.8. The molecule has 0 aliphatic heterocycles. The molecule has 0 radical (unpaired) electrons. The monoisotopic (exact) mass is 861 g/mol. The first-order chi connectivity index (χ1) is 31.0. The van der Waals surface area contributed by atoms with E-state index in [4.69, 9.17) is 18.9 Å². The van der Waals surface area contributed by atoms with Gasteiger partial charge in [0, 0.05) is 0 Å². The molecule has 344 valence electrons. The van der Waals surface area contributed by atoms with Crippen LogP contribution in [0, 0.1) is 0 Å². The lowest BCUT2D eigenvalue weighted by Gasteiger charge is -2.09. The first kappa shape index (κ1) is 51.1. The molecule has 0 aliphatic rings. The van der Waals surface area contributed by atoms with Crippen LogP contribution in [0.2, 0.25) is 0 Å². The second-order valence-corrected chi connectivity index (χ2v) is 17.4. The summed E-state index contributed by atoms with van der Waals surface area (Å²) in [7, 11) is 0. The van der Waals surface area contributed by atoms with Gasteiger partial charge in [-0.1, -0.05) is 173 Å². The molecule has 0 heterocycles. The molecule has 0 saturated heterocycles. The molecule has 0 fully saturated rings. The molecule has 0 atom stereocenters. The Kier molecular flexibility index (Phi) is 26.7. The Morgan fingerprint density at radius 1 is 0.317 bits per heavy atom. The van der Waals surface area contributed by atoms with Gasteiger partial charge in [-0.2, -0.15) is 0 Å². The number of carbonyl (C=O) groups excluding carboxylic acids is 2. The fourth-order valence-corrected chi connectivity index (χ4v) is 7.90. The fourth-order valence-electron chi connectivity index (χ4n) is 7.90. The van der Waals surface area contributed by atoms with E-state index in [1.165, 1.54) is 146 Å². The van der Waals surface area contributed by atoms with Crippen molar-refractivity contribution < 1.29 is 28.5 Å². The number of hydrogen-bond donors (Lipinski definition) is 0. The summed E-state index contributed by atoms with van der Waals surface area (Å²) in [6.45, 7) is 5.94. The van der Waals surface area contributed by atoms with Gasteiger partial charge in [0.15, 0.2) is 0 Å². The van der Waals surface area contributed by atoms with Crippen molar-refractivity contribution in [1.82, 2.24) is 0 Å². The van der Waals surface area contributed by atoms with E-state index in [1.54, 1.807) is 24.3 Å². The zero-order valence-electron chi connectivity index (χ0n) is 39.2. The highest BCUT2D eigenvalue weighted by Gasteiger charge is 2.11. The van der Waals surface area contributed by atoms with Crippen LogP contribution in [0.5, 0.6) is 23.0 Å². The van der Waals surface area contributed by atoms with Gasteiger partial charge in [-0.05, 0) is 122 Å². The normalized spacial score (nSPS) is 11.1. The van der Waals surface area contributed by atoms with E-state index in [0.717, 1.165) is 50.0 Å². The van der Waals surface area contributed by atoms with E-state index in [1.807, 2.05) is 48.5 Å². The smallest absolute Gasteiger partial charge is 0.343 e. The van der Waals surface area contributed by atoms with Crippen LogP contribution in [0.15, 0.2) is 97.1 Å². The molecule has 63 heavy (non-hydrogen) atoms. The average molecular weight is 861 g/mol. The second-order valence-electron chi connectivity index (χ2n) is 17.4. The van der Waals surface area contributed by atoms with Gasteiger partial charge in [0.25, 0.3) is 0 Å². The Morgan fingerprint density at radius 3 is 0.905 bits per heavy atom. The van der Waals surface area contributed by atoms with Gasteiger partial charge >= 0.3 is 11.9 Å². The zero-order chi connectivity index (χ0) is 44.4. The Morgan fingerprint density at radius 2 is 0.587 bits per heavy atom. The van der Waals surface area contributed by atoms with Gasteiger partial charge in [-0.25, -0.2) is 9.59 Å². The molecule has 0 amide bonds. The van der Waals surface area contributed by atoms with Crippen LogP contribution in [0.4, 0.5) is 0 Å². The highest BCUT2D eigenvalue weighted by Crippen LogP contribution is 2.21. The van der Waals surface area contributed by atoms with Crippen LogP contribution >= 0.6 is 0 Å². The number of benzene rings is 4.